The van der Waals surface area contributed by atoms with Crippen LogP contribution < -0.4 is 10.1 Å². The minimum absolute atomic E-state index is 0.0174. The van der Waals surface area contributed by atoms with E-state index in [0.717, 1.165) is 4.90 Å². The van der Waals surface area contributed by atoms with Crippen LogP contribution in [0.2, 0.25) is 0 Å². The molecule has 0 aromatic heterocycles. The lowest BCUT2D eigenvalue weighted by Gasteiger charge is -2.26. The smallest absolute Gasteiger partial charge is 0.262 e. The second kappa shape index (κ2) is 8.69. The molecule has 1 N–H and O–H groups in total. The van der Waals surface area contributed by atoms with Gasteiger partial charge in [-0.1, -0.05) is 12.1 Å². The average molecular weight is 459 g/mol. The number of imide groups is 1. The lowest BCUT2D eigenvalue weighted by atomic mass is 10.1. The van der Waals surface area contributed by atoms with Gasteiger partial charge in [-0.25, -0.2) is 8.42 Å². The van der Waals surface area contributed by atoms with Gasteiger partial charge in [0.15, 0.2) is 0 Å². The molecule has 10 nitrogen and oxygen atoms in total. The number of ether oxygens (including phenoxy) is 2. The van der Waals surface area contributed by atoms with Crippen LogP contribution in [-0.2, 0) is 19.6 Å². The van der Waals surface area contributed by atoms with Crippen LogP contribution in [0.3, 0.4) is 0 Å². The van der Waals surface area contributed by atoms with Gasteiger partial charge in [0.1, 0.15) is 12.3 Å². The lowest BCUT2D eigenvalue weighted by Crippen LogP contribution is -2.40. The molecule has 0 unspecified atom stereocenters. The van der Waals surface area contributed by atoms with Crippen molar-refractivity contribution in [3.05, 3.63) is 53.6 Å². The van der Waals surface area contributed by atoms with Gasteiger partial charge in [-0.3, -0.25) is 19.3 Å². The van der Waals surface area contributed by atoms with E-state index in [2.05, 4.69) is 5.32 Å². The zero-order chi connectivity index (χ0) is 22.9. The number of methoxy groups -OCH3 is 1. The molecule has 168 valence electrons. The largest absolute Gasteiger partial charge is 0.495 e. The summed E-state index contributed by atoms with van der Waals surface area (Å²) in [5, 5.41) is 2.55. The van der Waals surface area contributed by atoms with E-state index in [1.807, 2.05) is 0 Å². The molecule has 0 atom stereocenters. The van der Waals surface area contributed by atoms with Crippen LogP contribution in [0.25, 0.3) is 0 Å². The Morgan fingerprint density at radius 2 is 1.69 bits per heavy atom. The van der Waals surface area contributed by atoms with Crippen molar-refractivity contribution in [2.75, 3.05) is 45.3 Å². The third-order valence-electron chi connectivity index (χ3n) is 5.23. The Hall–Kier alpha value is -3.28. The molecule has 32 heavy (non-hydrogen) atoms. The highest BCUT2D eigenvalue weighted by molar-refractivity contribution is 7.89. The van der Waals surface area contributed by atoms with Crippen LogP contribution >= 0.6 is 0 Å². The number of fused-ring (bicyclic) bond motifs is 1. The highest BCUT2D eigenvalue weighted by Crippen LogP contribution is 2.29. The lowest BCUT2D eigenvalue weighted by molar-refractivity contribution is -0.116. The number of benzene rings is 2. The number of hydrogen-bond donors (Lipinski definition) is 1. The topological polar surface area (TPSA) is 122 Å². The zero-order valence-corrected chi connectivity index (χ0v) is 18.1. The number of nitrogens with one attached hydrogen (secondary N) is 1. The minimum Gasteiger partial charge on any atom is -0.495 e. The van der Waals surface area contributed by atoms with Crippen LogP contribution in [-0.4, -0.2) is 75.3 Å². The first-order valence-corrected chi connectivity index (χ1v) is 11.3. The van der Waals surface area contributed by atoms with E-state index < -0.39 is 34.3 Å². The molecule has 11 heteroatoms. The van der Waals surface area contributed by atoms with Gasteiger partial charge in [0, 0.05) is 13.1 Å². The van der Waals surface area contributed by atoms with Crippen molar-refractivity contribution in [1.82, 2.24) is 9.21 Å². The van der Waals surface area contributed by atoms with E-state index >= 15 is 0 Å². The molecule has 2 heterocycles. The first kappa shape index (κ1) is 21.9. The standard InChI is InChI=1S/C21H21N3O7S/c1-30-18-7-6-14(32(28,29)23-8-10-31-11-9-23)12-17(18)22-19(25)13-24-20(26)15-4-2-3-5-16(15)21(24)27/h2-7,12H,8-11,13H2,1H3,(H,22,25). The number of sulfonamides is 1. The van der Waals surface area contributed by atoms with Crippen LogP contribution in [0.5, 0.6) is 5.75 Å². The third kappa shape index (κ3) is 3.97. The number of nitrogens with zero attached hydrogens (tertiary/aromatic N) is 2. The van der Waals surface area contributed by atoms with E-state index in [0.29, 0.717) is 13.2 Å². The molecule has 0 spiro atoms. The summed E-state index contributed by atoms with van der Waals surface area (Å²) < 4.78 is 37.6. The number of morpholine rings is 1. The summed E-state index contributed by atoms with van der Waals surface area (Å²) in [7, 11) is -2.41. The summed E-state index contributed by atoms with van der Waals surface area (Å²) in [6.45, 7) is 0.556. The Balaban J connectivity index is 1.54. The van der Waals surface area contributed by atoms with Crippen molar-refractivity contribution >= 4 is 33.4 Å². The fraction of sp³-hybridized carbons (Fsp3) is 0.286. The van der Waals surface area contributed by atoms with Gasteiger partial charge in [0.25, 0.3) is 11.8 Å². The van der Waals surface area contributed by atoms with Gasteiger partial charge < -0.3 is 14.8 Å². The Bertz CT molecular complexity index is 1150. The Morgan fingerprint density at radius 1 is 1.06 bits per heavy atom. The van der Waals surface area contributed by atoms with Gasteiger partial charge in [0.2, 0.25) is 15.9 Å². The van der Waals surface area contributed by atoms with Crippen molar-refractivity contribution in [3.63, 3.8) is 0 Å². The minimum atomic E-state index is -3.79. The second-order valence-corrected chi connectivity index (χ2v) is 9.11. The molecule has 4 rings (SSSR count). The summed E-state index contributed by atoms with van der Waals surface area (Å²) in [6.07, 6.45) is 0. The first-order chi connectivity index (χ1) is 15.3. The molecule has 2 aliphatic rings. The summed E-state index contributed by atoms with van der Waals surface area (Å²) in [5.74, 6) is -1.55. The van der Waals surface area contributed by atoms with E-state index in [4.69, 9.17) is 9.47 Å². The number of hydrogen-bond acceptors (Lipinski definition) is 7. The molecular formula is C21H21N3O7S. The molecule has 0 saturated carbocycles. The molecule has 2 aromatic carbocycles. The maximum atomic E-state index is 12.9. The van der Waals surface area contributed by atoms with Crippen molar-refractivity contribution in [1.29, 1.82) is 0 Å². The molecule has 0 aliphatic carbocycles. The van der Waals surface area contributed by atoms with Gasteiger partial charge in [-0.05, 0) is 30.3 Å². The Labute approximate surface area is 184 Å². The molecule has 2 aliphatic heterocycles. The van der Waals surface area contributed by atoms with E-state index in [9.17, 15) is 22.8 Å². The van der Waals surface area contributed by atoms with Gasteiger partial charge >= 0.3 is 0 Å². The molecule has 2 aromatic rings. The fourth-order valence-corrected chi connectivity index (χ4v) is 5.03. The van der Waals surface area contributed by atoms with E-state index in [1.54, 1.807) is 12.1 Å². The van der Waals surface area contributed by atoms with Crippen molar-refractivity contribution in [2.45, 2.75) is 4.90 Å². The van der Waals surface area contributed by atoms with Gasteiger partial charge in [-0.15, -0.1) is 0 Å². The van der Waals surface area contributed by atoms with Crippen molar-refractivity contribution in [2.24, 2.45) is 0 Å². The molecule has 1 fully saturated rings. The third-order valence-corrected chi connectivity index (χ3v) is 7.13. The highest BCUT2D eigenvalue weighted by atomic mass is 32.2. The van der Waals surface area contributed by atoms with Crippen LogP contribution in [0.4, 0.5) is 5.69 Å². The number of carbonyl (C=O) groups is 3. The fourth-order valence-electron chi connectivity index (χ4n) is 3.60. The zero-order valence-electron chi connectivity index (χ0n) is 17.2. The highest BCUT2D eigenvalue weighted by Gasteiger charge is 2.36. The summed E-state index contributed by atoms with van der Waals surface area (Å²) in [6, 6.07) is 10.4. The Kier molecular flexibility index (Phi) is 5.96. The molecule has 3 amide bonds. The molecule has 0 bridgehead atoms. The summed E-state index contributed by atoms with van der Waals surface area (Å²) in [5.41, 5.74) is 0.589. The first-order valence-electron chi connectivity index (χ1n) is 9.84. The van der Waals surface area contributed by atoms with E-state index in [-0.39, 0.29) is 40.5 Å². The number of rotatable bonds is 6. The number of anilines is 1. The van der Waals surface area contributed by atoms with Crippen LogP contribution in [0.15, 0.2) is 47.4 Å². The predicted molar refractivity (Wildman–Crippen MR) is 113 cm³/mol. The normalized spacial score (nSPS) is 16.7. The molecular weight excluding hydrogens is 438 g/mol. The van der Waals surface area contributed by atoms with Gasteiger partial charge in [0.05, 0.1) is 42.0 Å². The average Bonchev–Trinajstić information content (AvgIpc) is 3.04. The second-order valence-electron chi connectivity index (χ2n) is 7.17. The Morgan fingerprint density at radius 3 is 2.28 bits per heavy atom. The van der Waals surface area contributed by atoms with Crippen LogP contribution in [0.1, 0.15) is 20.7 Å². The van der Waals surface area contributed by atoms with Crippen molar-refractivity contribution < 1.29 is 32.3 Å². The van der Waals surface area contributed by atoms with Crippen molar-refractivity contribution in [3.8, 4) is 5.75 Å². The van der Waals surface area contributed by atoms with Crippen LogP contribution in [0, 0.1) is 0 Å². The SMILES string of the molecule is COc1ccc(S(=O)(=O)N2CCOCC2)cc1NC(=O)CN1C(=O)c2ccccc2C1=O. The maximum absolute atomic E-state index is 12.9. The quantitative estimate of drug-likeness (QED) is 0.638. The number of carbonyl (C=O) groups excluding carboxylic acids is 3. The summed E-state index contributed by atoms with van der Waals surface area (Å²) >= 11 is 0. The predicted octanol–water partition coefficient (Wildman–Crippen LogP) is 0.951. The van der Waals surface area contributed by atoms with E-state index in [1.165, 1.54) is 41.7 Å². The molecule has 0 radical (unpaired) electrons. The molecule has 1 saturated heterocycles. The number of amides is 3. The van der Waals surface area contributed by atoms with Gasteiger partial charge in [-0.2, -0.15) is 4.31 Å². The summed E-state index contributed by atoms with van der Waals surface area (Å²) in [4.78, 5) is 38.5. The monoisotopic (exact) mass is 459 g/mol. The maximum Gasteiger partial charge on any atom is 0.262 e.